The number of hydrogen-bond donors (Lipinski definition) is 0. The van der Waals surface area contributed by atoms with E-state index < -0.39 is 0 Å². The van der Waals surface area contributed by atoms with E-state index in [-0.39, 0.29) is 29.7 Å². The molecule has 0 spiro atoms. The molecule has 2 amide bonds. The fourth-order valence-electron chi connectivity index (χ4n) is 4.74. The number of rotatable bonds is 3. The molecule has 5 rings (SSSR count). The van der Waals surface area contributed by atoms with Crippen molar-refractivity contribution in [3.8, 4) is 0 Å². The van der Waals surface area contributed by atoms with Crippen molar-refractivity contribution in [1.82, 2.24) is 9.80 Å². The van der Waals surface area contributed by atoms with Crippen LogP contribution in [0.15, 0.2) is 53.9 Å². The molecule has 0 N–H and O–H groups in total. The lowest BCUT2D eigenvalue weighted by molar-refractivity contribution is -0.142. The van der Waals surface area contributed by atoms with Crippen LogP contribution in [0.4, 0.5) is 0 Å². The van der Waals surface area contributed by atoms with Gasteiger partial charge in [-0.25, -0.2) is 0 Å². The van der Waals surface area contributed by atoms with Crippen LogP contribution in [0.2, 0.25) is 0 Å². The van der Waals surface area contributed by atoms with E-state index in [1.165, 1.54) is 20.9 Å². The van der Waals surface area contributed by atoms with Crippen molar-refractivity contribution in [2.24, 2.45) is 11.8 Å². The van der Waals surface area contributed by atoms with Gasteiger partial charge in [0, 0.05) is 11.4 Å². The Morgan fingerprint density at radius 2 is 1.67 bits per heavy atom. The van der Waals surface area contributed by atoms with E-state index in [0.717, 1.165) is 13.0 Å². The summed E-state index contributed by atoms with van der Waals surface area (Å²) in [6.07, 6.45) is 6.45. The zero-order chi connectivity index (χ0) is 18.4. The third-order valence-corrected chi connectivity index (χ3v) is 7.10. The Hall–Kier alpha value is -2.24. The number of allylic oxidation sites excluding steroid dienone is 2. The highest BCUT2D eigenvalue weighted by atomic mass is 32.1. The molecule has 0 radical (unpaired) electrons. The summed E-state index contributed by atoms with van der Waals surface area (Å²) < 4.78 is 0. The number of imide groups is 1. The molecule has 2 aromatic rings. The third-order valence-electron chi connectivity index (χ3n) is 6.10. The van der Waals surface area contributed by atoms with Gasteiger partial charge in [0.25, 0.3) is 0 Å². The lowest BCUT2D eigenvalue weighted by Crippen LogP contribution is -2.46. The van der Waals surface area contributed by atoms with Crippen LogP contribution in [-0.2, 0) is 16.0 Å². The Kier molecular flexibility index (Phi) is 4.21. The number of amides is 2. The molecule has 4 nitrogen and oxygen atoms in total. The van der Waals surface area contributed by atoms with Gasteiger partial charge in [0.1, 0.15) is 0 Å². The van der Waals surface area contributed by atoms with Crippen molar-refractivity contribution in [2.45, 2.75) is 25.3 Å². The number of fused-ring (bicyclic) bond motifs is 2. The Morgan fingerprint density at radius 1 is 0.963 bits per heavy atom. The number of carbonyl (C=O) groups is 2. The van der Waals surface area contributed by atoms with E-state index in [1.807, 2.05) is 18.2 Å². The van der Waals surface area contributed by atoms with Gasteiger partial charge in [-0.05, 0) is 41.8 Å². The van der Waals surface area contributed by atoms with Gasteiger partial charge in [-0.3, -0.25) is 19.4 Å². The monoisotopic (exact) mass is 378 g/mol. The van der Waals surface area contributed by atoms with Crippen molar-refractivity contribution in [2.75, 3.05) is 13.2 Å². The van der Waals surface area contributed by atoms with Gasteiger partial charge >= 0.3 is 0 Å². The van der Waals surface area contributed by atoms with Crippen molar-refractivity contribution < 1.29 is 9.59 Å². The summed E-state index contributed by atoms with van der Waals surface area (Å²) >= 11 is 1.80. The molecular formula is C22H22N2O2S. The molecule has 1 aromatic heterocycles. The molecule has 2 aliphatic heterocycles. The van der Waals surface area contributed by atoms with E-state index >= 15 is 0 Å². The topological polar surface area (TPSA) is 40.6 Å². The van der Waals surface area contributed by atoms with Gasteiger partial charge in [0.05, 0.1) is 24.5 Å². The molecule has 3 heterocycles. The molecule has 0 bridgehead atoms. The van der Waals surface area contributed by atoms with E-state index in [2.05, 4.69) is 40.6 Å². The summed E-state index contributed by atoms with van der Waals surface area (Å²) in [6.45, 7) is 1.25. The number of thiophene rings is 1. The Morgan fingerprint density at radius 3 is 2.37 bits per heavy atom. The summed E-state index contributed by atoms with van der Waals surface area (Å²) in [5, 5.41) is 2.15. The maximum absolute atomic E-state index is 12.9. The molecule has 1 aliphatic carbocycles. The first-order valence-corrected chi connectivity index (χ1v) is 10.5. The third kappa shape index (κ3) is 2.77. The number of carbonyl (C=O) groups excluding carboxylic acids is 2. The quantitative estimate of drug-likeness (QED) is 0.605. The molecule has 0 unspecified atom stereocenters. The summed E-state index contributed by atoms with van der Waals surface area (Å²) in [4.78, 5) is 31.1. The van der Waals surface area contributed by atoms with Crippen molar-refractivity contribution in [3.05, 3.63) is 69.9 Å². The molecule has 0 saturated carbocycles. The largest absolute Gasteiger partial charge is 0.274 e. The summed E-state index contributed by atoms with van der Waals surface area (Å²) in [5.41, 5.74) is 2.53. The summed E-state index contributed by atoms with van der Waals surface area (Å²) in [6, 6.07) is 12.7. The Balaban J connectivity index is 1.46. The second-order valence-electron chi connectivity index (χ2n) is 7.58. The molecule has 3 aliphatic rings. The van der Waals surface area contributed by atoms with E-state index in [9.17, 15) is 9.59 Å². The maximum atomic E-state index is 12.9. The fourth-order valence-corrected chi connectivity index (χ4v) is 5.64. The number of likely N-dealkylation sites (tertiary alicyclic amines) is 1. The molecular weight excluding hydrogens is 356 g/mol. The van der Waals surface area contributed by atoms with Gasteiger partial charge in [-0.2, -0.15) is 0 Å². The average Bonchev–Trinajstić information content (AvgIpc) is 3.28. The Labute approximate surface area is 163 Å². The first-order chi connectivity index (χ1) is 13.2. The lowest BCUT2D eigenvalue weighted by Gasteiger charge is -2.38. The first kappa shape index (κ1) is 16.9. The lowest BCUT2D eigenvalue weighted by atomic mass is 9.85. The van der Waals surface area contributed by atoms with Crippen LogP contribution in [0.5, 0.6) is 0 Å². The van der Waals surface area contributed by atoms with Crippen LogP contribution in [0.25, 0.3) is 0 Å². The predicted octanol–water partition coefficient (Wildman–Crippen LogP) is 3.60. The van der Waals surface area contributed by atoms with Crippen LogP contribution >= 0.6 is 11.3 Å². The second-order valence-corrected chi connectivity index (χ2v) is 8.58. The minimum atomic E-state index is -0.154. The second kappa shape index (κ2) is 6.73. The van der Waals surface area contributed by atoms with Gasteiger partial charge in [0.2, 0.25) is 11.8 Å². The van der Waals surface area contributed by atoms with Crippen LogP contribution in [0.1, 0.15) is 34.9 Å². The average molecular weight is 378 g/mol. The smallest absolute Gasteiger partial charge is 0.234 e. The van der Waals surface area contributed by atoms with Gasteiger partial charge < -0.3 is 0 Å². The van der Waals surface area contributed by atoms with Crippen molar-refractivity contribution >= 4 is 23.2 Å². The molecule has 1 fully saturated rings. The fraction of sp³-hybridized carbons (Fsp3) is 0.364. The van der Waals surface area contributed by atoms with Crippen molar-refractivity contribution in [1.29, 1.82) is 0 Å². The highest BCUT2D eigenvalue weighted by Crippen LogP contribution is 2.40. The van der Waals surface area contributed by atoms with E-state index in [1.54, 1.807) is 11.3 Å². The normalized spacial score (nSPS) is 27.7. The minimum Gasteiger partial charge on any atom is -0.274 e. The molecule has 3 atom stereocenters. The number of benzene rings is 1. The van der Waals surface area contributed by atoms with E-state index in [4.69, 9.17) is 0 Å². The van der Waals surface area contributed by atoms with E-state index in [0.29, 0.717) is 19.5 Å². The van der Waals surface area contributed by atoms with Gasteiger partial charge in [0.15, 0.2) is 0 Å². The first-order valence-electron chi connectivity index (χ1n) is 9.59. The molecule has 5 heteroatoms. The van der Waals surface area contributed by atoms with Crippen LogP contribution in [-0.4, -0.2) is 34.8 Å². The van der Waals surface area contributed by atoms with Crippen LogP contribution < -0.4 is 0 Å². The molecule has 1 aromatic carbocycles. The molecule has 27 heavy (non-hydrogen) atoms. The van der Waals surface area contributed by atoms with Crippen molar-refractivity contribution in [3.63, 3.8) is 0 Å². The van der Waals surface area contributed by atoms with Crippen LogP contribution in [0.3, 0.4) is 0 Å². The van der Waals surface area contributed by atoms with Gasteiger partial charge in [-0.1, -0.05) is 42.5 Å². The Bertz CT molecular complexity index is 878. The predicted molar refractivity (Wildman–Crippen MR) is 105 cm³/mol. The zero-order valence-electron chi connectivity index (χ0n) is 15.1. The molecule has 1 saturated heterocycles. The van der Waals surface area contributed by atoms with Gasteiger partial charge in [-0.15, -0.1) is 11.3 Å². The highest BCUT2D eigenvalue weighted by Gasteiger charge is 2.48. The number of nitrogens with zero attached hydrogens (tertiary/aromatic N) is 2. The maximum Gasteiger partial charge on any atom is 0.234 e. The highest BCUT2D eigenvalue weighted by molar-refractivity contribution is 7.10. The van der Waals surface area contributed by atoms with Crippen LogP contribution in [0, 0.1) is 11.8 Å². The summed E-state index contributed by atoms with van der Waals surface area (Å²) in [7, 11) is 0. The standard InChI is InChI=1S/C22H22N2O2S/c25-21-16-8-4-5-9-17(16)22(26)24(21)14-23-12-10-19-18(11-13-27-19)20(23)15-6-2-1-3-7-15/h1-7,11,13,16-17,20H,8-10,12,14H2/t16-,17-,20+/m1/s1. The minimum absolute atomic E-state index is 0.0114. The SMILES string of the molecule is O=C1[C@@H]2CC=CC[C@H]2C(=O)N1CN1CCc2sccc2[C@@H]1c1ccccc1. The summed E-state index contributed by atoms with van der Waals surface area (Å²) in [5.74, 6) is -0.284. The molecule has 138 valence electrons. The zero-order valence-corrected chi connectivity index (χ0v) is 15.9. The number of hydrogen-bond acceptors (Lipinski definition) is 4.